The average Bonchev–Trinajstić information content (AvgIpc) is 2.22. The van der Waals surface area contributed by atoms with Crippen molar-refractivity contribution in [3.63, 3.8) is 0 Å². The van der Waals surface area contributed by atoms with Crippen LogP contribution in [0.2, 0.25) is 0 Å². The number of nitrogens with one attached hydrogen (secondary N) is 2. The van der Waals surface area contributed by atoms with Gasteiger partial charge in [-0.1, -0.05) is 12.2 Å². The molecule has 0 radical (unpaired) electrons. The third kappa shape index (κ3) is 11.4. The molecule has 0 spiro atoms. The summed E-state index contributed by atoms with van der Waals surface area (Å²) in [5.41, 5.74) is 0. The third-order valence-corrected chi connectivity index (χ3v) is 1.43. The van der Waals surface area contributed by atoms with E-state index in [0.29, 0.717) is 13.2 Å². The summed E-state index contributed by atoms with van der Waals surface area (Å²) >= 11 is 0. The fourth-order valence-electron chi connectivity index (χ4n) is 0.838. The molecule has 0 aliphatic carbocycles. The van der Waals surface area contributed by atoms with Crippen LogP contribution in [0.5, 0.6) is 0 Å². The SMILES string of the molecule is C1CNCCN1.C=CCOCC=C. The maximum absolute atomic E-state index is 4.90. The molecule has 3 nitrogen and oxygen atoms in total. The second-order valence-corrected chi connectivity index (χ2v) is 2.61. The summed E-state index contributed by atoms with van der Waals surface area (Å²) in [5, 5.41) is 6.44. The maximum Gasteiger partial charge on any atom is 0.0649 e. The highest BCUT2D eigenvalue weighted by Crippen LogP contribution is 1.72. The van der Waals surface area contributed by atoms with E-state index in [1.165, 1.54) is 0 Å². The van der Waals surface area contributed by atoms with Crippen LogP contribution in [0.3, 0.4) is 0 Å². The van der Waals surface area contributed by atoms with Gasteiger partial charge in [-0.05, 0) is 0 Å². The molecule has 0 aromatic heterocycles. The molecular formula is C10H20N2O. The second kappa shape index (κ2) is 11.4. The van der Waals surface area contributed by atoms with E-state index in [9.17, 15) is 0 Å². The molecule has 0 saturated carbocycles. The van der Waals surface area contributed by atoms with Crippen LogP contribution in [0, 0.1) is 0 Å². The van der Waals surface area contributed by atoms with Crippen molar-refractivity contribution in [3.8, 4) is 0 Å². The van der Waals surface area contributed by atoms with Gasteiger partial charge in [0.05, 0.1) is 13.2 Å². The van der Waals surface area contributed by atoms with Gasteiger partial charge in [-0.25, -0.2) is 0 Å². The Morgan fingerprint density at radius 1 is 0.923 bits per heavy atom. The van der Waals surface area contributed by atoms with Crippen molar-refractivity contribution < 1.29 is 4.74 Å². The fraction of sp³-hybridized carbons (Fsp3) is 0.600. The number of ether oxygens (including phenoxy) is 1. The molecule has 1 aliphatic heterocycles. The highest BCUT2D eigenvalue weighted by Gasteiger charge is 1.91. The largest absolute Gasteiger partial charge is 0.373 e. The van der Waals surface area contributed by atoms with Gasteiger partial charge in [0.1, 0.15) is 0 Å². The molecule has 1 aliphatic rings. The van der Waals surface area contributed by atoms with Crippen LogP contribution >= 0.6 is 0 Å². The Balaban J connectivity index is 0.000000223. The molecule has 3 heteroatoms. The van der Waals surface area contributed by atoms with Crippen LogP contribution in [0.15, 0.2) is 25.3 Å². The third-order valence-electron chi connectivity index (χ3n) is 1.43. The van der Waals surface area contributed by atoms with Crippen molar-refractivity contribution in [1.82, 2.24) is 10.6 Å². The molecule has 1 heterocycles. The molecule has 0 aromatic carbocycles. The number of hydrogen-bond acceptors (Lipinski definition) is 3. The van der Waals surface area contributed by atoms with Gasteiger partial charge >= 0.3 is 0 Å². The molecule has 13 heavy (non-hydrogen) atoms. The number of hydrogen-bond donors (Lipinski definition) is 2. The summed E-state index contributed by atoms with van der Waals surface area (Å²) in [7, 11) is 0. The molecule has 0 unspecified atom stereocenters. The van der Waals surface area contributed by atoms with Crippen LogP contribution in [0.25, 0.3) is 0 Å². The normalized spacial score (nSPS) is 15.4. The van der Waals surface area contributed by atoms with E-state index in [0.717, 1.165) is 26.2 Å². The predicted molar refractivity (Wildman–Crippen MR) is 57.0 cm³/mol. The van der Waals surface area contributed by atoms with Crippen LogP contribution in [-0.2, 0) is 4.74 Å². The zero-order chi connectivity index (χ0) is 9.78. The van der Waals surface area contributed by atoms with E-state index in [1.54, 1.807) is 12.2 Å². The Morgan fingerprint density at radius 2 is 1.31 bits per heavy atom. The van der Waals surface area contributed by atoms with Crippen LogP contribution in [0.4, 0.5) is 0 Å². The van der Waals surface area contributed by atoms with Gasteiger partial charge in [-0.3, -0.25) is 0 Å². The Hall–Kier alpha value is -0.640. The first-order valence-corrected chi connectivity index (χ1v) is 4.62. The monoisotopic (exact) mass is 184 g/mol. The molecule has 0 atom stereocenters. The van der Waals surface area contributed by atoms with E-state index >= 15 is 0 Å². The zero-order valence-electron chi connectivity index (χ0n) is 8.22. The molecule has 2 N–H and O–H groups in total. The highest BCUT2D eigenvalue weighted by atomic mass is 16.5. The minimum absolute atomic E-state index is 0.617. The quantitative estimate of drug-likeness (QED) is 0.494. The molecule has 0 amide bonds. The lowest BCUT2D eigenvalue weighted by Crippen LogP contribution is -2.39. The fourth-order valence-corrected chi connectivity index (χ4v) is 0.838. The van der Waals surface area contributed by atoms with Crippen LogP contribution < -0.4 is 10.6 Å². The summed E-state index contributed by atoms with van der Waals surface area (Å²) in [5.74, 6) is 0. The first-order chi connectivity index (χ1) is 6.41. The minimum Gasteiger partial charge on any atom is -0.373 e. The molecule has 1 rings (SSSR count). The van der Waals surface area contributed by atoms with Gasteiger partial charge in [0.2, 0.25) is 0 Å². The van der Waals surface area contributed by atoms with Crippen molar-refractivity contribution in [1.29, 1.82) is 0 Å². The van der Waals surface area contributed by atoms with Crippen molar-refractivity contribution in [2.45, 2.75) is 0 Å². The molecule has 0 aromatic rings. The average molecular weight is 184 g/mol. The first-order valence-electron chi connectivity index (χ1n) is 4.62. The lowest BCUT2D eigenvalue weighted by Gasteiger charge is -2.11. The van der Waals surface area contributed by atoms with Gasteiger partial charge in [0, 0.05) is 26.2 Å². The van der Waals surface area contributed by atoms with Crippen molar-refractivity contribution >= 4 is 0 Å². The van der Waals surface area contributed by atoms with E-state index in [4.69, 9.17) is 4.74 Å². The number of rotatable bonds is 4. The van der Waals surface area contributed by atoms with Crippen LogP contribution in [-0.4, -0.2) is 39.4 Å². The number of piperazine rings is 1. The van der Waals surface area contributed by atoms with Crippen LogP contribution in [0.1, 0.15) is 0 Å². The maximum atomic E-state index is 4.90. The summed E-state index contributed by atoms with van der Waals surface area (Å²) < 4.78 is 4.90. The second-order valence-electron chi connectivity index (χ2n) is 2.61. The van der Waals surface area contributed by atoms with Gasteiger partial charge in [-0.2, -0.15) is 0 Å². The minimum atomic E-state index is 0.617. The summed E-state index contributed by atoms with van der Waals surface area (Å²) in [6.45, 7) is 12.7. The topological polar surface area (TPSA) is 33.3 Å². The Labute approximate surface area is 80.9 Å². The van der Waals surface area contributed by atoms with E-state index < -0.39 is 0 Å². The zero-order valence-corrected chi connectivity index (χ0v) is 8.22. The standard InChI is InChI=1S/C6H10O.C4H10N2/c1-3-5-7-6-4-2;1-2-6-4-3-5-1/h3-4H,1-2,5-6H2;5-6H,1-4H2. The summed E-state index contributed by atoms with van der Waals surface area (Å²) in [6.07, 6.45) is 3.42. The van der Waals surface area contributed by atoms with Gasteiger partial charge in [0.25, 0.3) is 0 Å². The molecule has 0 bridgehead atoms. The summed E-state index contributed by atoms with van der Waals surface area (Å²) in [4.78, 5) is 0. The van der Waals surface area contributed by atoms with Gasteiger partial charge in [0.15, 0.2) is 0 Å². The molecule has 1 fully saturated rings. The Morgan fingerprint density at radius 3 is 1.54 bits per heavy atom. The highest BCUT2D eigenvalue weighted by molar-refractivity contribution is 4.68. The Bertz CT molecular complexity index is 103. The van der Waals surface area contributed by atoms with E-state index in [2.05, 4.69) is 23.8 Å². The van der Waals surface area contributed by atoms with Gasteiger partial charge < -0.3 is 15.4 Å². The van der Waals surface area contributed by atoms with Gasteiger partial charge in [-0.15, -0.1) is 13.2 Å². The molecular weight excluding hydrogens is 164 g/mol. The van der Waals surface area contributed by atoms with Crippen molar-refractivity contribution in [2.24, 2.45) is 0 Å². The molecule has 76 valence electrons. The van der Waals surface area contributed by atoms with E-state index in [1.807, 2.05) is 0 Å². The van der Waals surface area contributed by atoms with Crippen molar-refractivity contribution in [2.75, 3.05) is 39.4 Å². The lowest BCUT2D eigenvalue weighted by molar-refractivity contribution is 0.194. The van der Waals surface area contributed by atoms with Crippen molar-refractivity contribution in [3.05, 3.63) is 25.3 Å². The summed E-state index contributed by atoms with van der Waals surface area (Å²) in [6, 6.07) is 0. The lowest BCUT2D eigenvalue weighted by atomic mass is 10.4. The predicted octanol–water partition coefficient (Wildman–Crippen LogP) is 0.554. The Kier molecular flexibility index (Phi) is 10.8. The first kappa shape index (κ1) is 12.4. The smallest absolute Gasteiger partial charge is 0.0649 e. The van der Waals surface area contributed by atoms with E-state index in [-0.39, 0.29) is 0 Å². The molecule has 1 saturated heterocycles.